The van der Waals surface area contributed by atoms with Crippen molar-refractivity contribution in [2.24, 2.45) is 23.3 Å². The number of benzene rings is 1. The Labute approximate surface area is 188 Å². The Bertz CT molecular complexity index is 1050. The number of nitrogens with zero attached hydrogens (tertiary/aromatic N) is 1. The van der Waals surface area contributed by atoms with E-state index in [-0.39, 0.29) is 35.4 Å². The number of hydrogen-bond acceptors (Lipinski definition) is 5. The molecule has 8 heteroatoms. The van der Waals surface area contributed by atoms with Crippen LogP contribution in [0.2, 0.25) is 0 Å². The summed E-state index contributed by atoms with van der Waals surface area (Å²) in [6, 6.07) is 7.83. The van der Waals surface area contributed by atoms with E-state index >= 15 is 0 Å². The maximum absolute atomic E-state index is 12.9. The highest BCUT2D eigenvalue weighted by Crippen LogP contribution is 2.25. The van der Waals surface area contributed by atoms with Crippen molar-refractivity contribution in [2.45, 2.75) is 59.4 Å². The van der Waals surface area contributed by atoms with Gasteiger partial charge < -0.3 is 26.9 Å². The van der Waals surface area contributed by atoms with Crippen LogP contribution in [-0.2, 0) is 22.6 Å². The molecule has 0 bridgehead atoms. The Balaban J connectivity index is 2.20. The van der Waals surface area contributed by atoms with Crippen molar-refractivity contribution in [3.8, 4) is 0 Å². The average Bonchev–Trinajstić information content (AvgIpc) is 3.10. The molecule has 1 aromatic heterocycles. The Morgan fingerprint density at radius 3 is 2.25 bits per heavy atom. The number of carbonyl (C=O) groups is 2. The molecule has 0 aliphatic carbocycles. The SMILES string of the molecule is CC[C@@H](CCc1cc2ccc(C(=N)N)cc2n1CC)C(=N)C(=O)[C@H](CC)C(=N)CC(N)=O. The summed E-state index contributed by atoms with van der Waals surface area (Å²) in [5, 5.41) is 25.3. The lowest BCUT2D eigenvalue weighted by atomic mass is 9.83. The van der Waals surface area contributed by atoms with Crippen molar-refractivity contribution in [3.05, 3.63) is 35.5 Å². The van der Waals surface area contributed by atoms with Gasteiger partial charge in [-0.3, -0.25) is 15.0 Å². The molecule has 7 N–H and O–H groups in total. The summed E-state index contributed by atoms with van der Waals surface area (Å²) < 4.78 is 2.18. The maximum Gasteiger partial charge on any atom is 0.223 e. The minimum atomic E-state index is -0.767. The number of ketones is 1. The number of Topliss-reactive ketones (excluding diaryl/α,β-unsaturated/α-hetero) is 1. The zero-order valence-corrected chi connectivity index (χ0v) is 19.1. The van der Waals surface area contributed by atoms with E-state index in [0.717, 1.165) is 23.1 Å². The molecule has 0 unspecified atom stereocenters. The van der Waals surface area contributed by atoms with Crippen molar-refractivity contribution >= 4 is 39.9 Å². The van der Waals surface area contributed by atoms with Crippen LogP contribution in [0.1, 0.15) is 57.7 Å². The van der Waals surface area contributed by atoms with Gasteiger partial charge in [-0.15, -0.1) is 0 Å². The number of carbonyl (C=O) groups excluding carboxylic acids is 2. The number of amides is 1. The summed E-state index contributed by atoms with van der Waals surface area (Å²) in [5.74, 6) is -1.99. The number of primary amides is 1. The monoisotopic (exact) mass is 438 g/mol. The quantitative estimate of drug-likeness (QED) is 0.239. The first-order chi connectivity index (χ1) is 15.1. The van der Waals surface area contributed by atoms with Crippen LogP contribution < -0.4 is 11.5 Å². The molecule has 0 saturated heterocycles. The third-order valence-electron chi connectivity index (χ3n) is 6.04. The van der Waals surface area contributed by atoms with Crippen LogP contribution in [0.4, 0.5) is 0 Å². The molecule has 32 heavy (non-hydrogen) atoms. The molecule has 2 rings (SSSR count). The Kier molecular flexibility index (Phi) is 8.46. The Morgan fingerprint density at radius 1 is 1.03 bits per heavy atom. The van der Waals surface area contributed by atoms with E-state index < -0.39 is 11.8 Å². The van der Waals surface area contributed by atoms with Crippen LogP contribution in [0.15, 0.2) is 24.3 Å². The van der Waals surface area contributed by atoms with Crippen molar-refractivity contribution in [2.75, 3.05) is 0 Å². The Hall–Kier alpha value is -3.29. The minimum Gasteiger partial charge on any atom is -0.384 e. The lowest BCUT2D eigenvalue weighted by Gasteiger charge is -2.20. The number of hydrogen-bond donors (Lipinski definition) is 5. The largest absolute Gasteiger partial charge is 0.384 e. The van der Waals surface area contributed by atoms with Gasteiger partial charge in [0, 0.05) is 34.9 Å². The molecule has 2 aromatic rings. The first-order valence-electron chi connectivity index (χ1n) is 11.1. The van der Waals surface area contributed by atoms with Gasteiger partial charge >= 0.3 is 0 Å². The predicted octanol–water partition coefficient (Wildman–Crippen LogP) is 3.41. The predicted molar refractivity (Wildman–Crippen MR) is 129 cm³/mol. The van der Waals surface area contributed by atoms with Gasteiger partial charge in [0.05, 0.1) is 18.1 Å². The van der Waals surface area contributed by atoms with Gasteiger partial charge in [-0.25, -0.2) is 0 Å². The zero-order chi connectivity index (χ0) is 24.0. The highest BCUT2D eigenvalue weighted by atomic mass is 16.1. The van der Waals surface area contributed by atoms with E-state index in [9.17, 15) is 9.59 Å². The fraction of sp³-hybridized carbons (Fsp3) is 0.458. The lowest BCUT2D eigenvalue weighted by Crippen LogP contribution is -2.35. The fourth-order valence-electron chi connectivity index (χ4n) is 4.22. The molecule has 1 heterocycles. The number of fused-ring (bicyclic) bond motifs is 1. The molecule has 0 fully saturated rings. The van der Waals surface area contributed by atoms with Crippen LogP contribution in [0.5, 0.6) is 0 Å². The summed E-state index contributed by atoms with van der Waals surface area (Å²) in [6.07, 6.45) is 2.09. The summed E-state index contributed by atoms with van der Waals surface area (Å²) in [4.78, 5) is 24.1. The van der Waals surface area contributed by atoms with E-state index in [0.29, 0.717) is 31.2 Å². The number of amidine groups is 1. The molecular formula is C24H34N6O2. The van der Waals surface area contributed by atoms with E-state index in [1.807, 2.05) is 25.1 Å². The highest BCUT2D eigenvalue weighted by molar-refractivity contribution is 6.43. The van der Waals surface area contributed by atoms with E-state index in [1.54, 1.807) is 6.92 Å². The standard InChI is InChI=1S/C24H34N6O2/c1-4-14(22(27)23(32)18(5-2)19(25)13-21(26)31)9-10-17-11-15-7-8-16(24(28)29)12-20(15)30(17)6-3/h7-8,11-12,14,18,25,27H,4-6,9-10,13H2,1-3H3,(H2,26,31)(H3,28,29)/t14-,18+/m0/s1. The molecule has 172 valence electrons. The lowest BCUT2D eigenvalue weighted by molar-refractivity contribution is -0.116. The number of nitrogens with one attached hydrogen (secondary N) is 3. The van der Waals surface area contributed by atoms with Crippen molar-refractivity contribution < 1.29 is 9.59 Å². The van der Waals surface area contributed by atoms with Gasteiger partial charge in [0.25, 0.3) is 0 Å². The van der Waals surface area contributed by atoms with Gasteiger partial charge in [-0.05, 0) is 50.1 Å². The zero-order valence-electron chi connectivity index (χ0n) is 19.1. The van der Waals surface area contributed by atoms with E-state index in [4.69, 9.17) is 27.7 Å². The first kappa shape index (κ1) is 25.0. The fourth-order valence-corrected chi connectivity index (χ4v) is 4.22. The normalized spacial score (nSPS) is 13.0. The second-order valence-corrected chi connectivity index (χ2v) is 8.12. The second-order valence-electron chi connectivity index (χ2n) is 8.12. The van der Waals surface area contributed by atoms with Gasteiger partial charge in [-0.1, -0.05) is 26.0 Å². The molecule has 8 nitrogen and oxygen atoms in total. The smallest absolute Gasteiger partial charge is 0.223 e. The third-order valence-corrected chi connectivity index (χ3v) is 6.04. The van der Waals surface area contributed by atoms with E-state index in [2.05, 4.69) is 17.6 Å². The average molecular weight is 439 g/mol. The van der Waals surface area contributed by atoms with Crippen molar-refractivity contribution in [1.29, 1.82) is 16.2 Å². The van der Waals surface area contributed by atoms with Crippen LogP contribution in [-0.4, -0.2) is 33.5 Å². The van der Waals surface area contributed by atoms with E-state index in [1.165, 1.54) is 0 Å². The summed E-state index contributed by atoms with van der Waals surface area (Å²) in [7, 11) is 0. The molecular weight excluding hydrogens is 404 g/mol. The van der Waals surface area contributed by atoms with Gasteiger partial charge in [0.2, 0.25) is 5.91 Å². The van der Waals surface area contributed by atoms with Gasteiger partial charge in [0.1, 0.15) is 5.84 Å². The van der Waals surface area contributed by atoms with Crippen LogP contribution in [0, 0.1) is 28.1 Å². The third kappa shape index (κ3) is 5.49. The van der Waals surface area contributed by atoms with Crippen LogP contribution in [0.25, 0.3) is 10.9 Å². The Morgan fingerprint density at radius 2 is 1.72 bits per heavy atom. The maximum atomic E-state index is 12.9. The molecule has 0 saturated carbocycles. The van der Waals surface area contributed by atoms with Gasteiger partial charge in [-0.2, -0.15) is 0 Å². The highest BCUT2D eigenvalue weighted by Gasteiger charge is 2.29. The molecule has 0 aliphatic heterocycles. The molecule has 2 atom stereocenters. The summed E-state index contributed by atoms with van der Waals surface area (Å²) in [5.41, 5.74) is 13.6. The van der Waals surface area contributed by atoms with Crippen LogP contribution in [0.3, 0.4) is 0 Å². The second kappa shape index (κ2) is 10.8. The first-order valence-corrected chi connectivity index (χ1v) is 11.1. The number of aromatic nitrogens is 1. The molecule has 1 aromatic carbocycles. The topological polar surface area (TPSA) is 163 Å². The summed E-state index contributed by atoms with van der Waals surface area (Å²) >= 11 is 0. The molecule has 0 spiro atoms. The number of nitrogens with two attached hydrogens (primary N) is 2. The van der Waals surface area contributed by atoms with Crippen LogP contribution >= 0.6 is 0 Å². The summed E-state index contributed by atoms with van der Waals surface area (Å²) in [6.45, 7) is 6.55. The molecule has 0 radical (unpaired) electrons. The number of rotatable bonds is 13. The molecule has 1 amide bonds. The molecule has 0 aliphatic rings. The number of nitrogen functional groups attached to an aromatic ring is 1. The minimum absolute atomic E-state index is 0.0167. The number of aryl methyl sites for hydroxylation is 2. The van der Waals surface area contributed by atoms with Gasteiger partial charge in [0.15, 0.2) is 5.78 Å². The van der Waals surface area contributed by atoms with Crippen molar-refractivity contribution in [3.63, 3.8) is 0 Å². The van der Waals surface area contributed by atoms with Crippen molar-refractivity contribution in [1.82, 2.24) is 4.57 Å².